The van der Waals surface area contributed by atoms with Gasteiger partial charge in [0.2, 0.25) is 0 Å². The summed E-state index contributed by atoms with van der Waals surface area (Å²) in [5.74, 6) is 2.01. The first-order chi connectivity index (χ1) is 21.3. The average Bonchev–Trinajstić information content (AvgIpc) is 3.30. The molecule has 248 valence electrons. The predicted molar refractivity (Wildman–Crippen MR) is 202 cm³/mol. The maximum atomic E-state index is 6.81. The van der Waals surface area contributed by atoms with Crippen molar-refractivity contribution in [2.75, 3.05) is 13.7 Å². The summed E-state index contributed by atoms with van der Waals surface area (Å²) in [7, 11) is -0.598. The van der Waals surface area contributed by atoms with E-state index in [1.807, 2.05) is 13.2 Å². The maximum Gasteiger partial charge on any atom is 0.123 e. The van der Waals surface area contributed by atoms with E-state index >= 15 is 0 Å². The molecule has 0 radical (unpaired) electrons. The van der Waals surface area contributed by atoms with Gasteiger partial charge in [-0.2, -0.15) is 0 Å². The lowest BCUT2D eigenvalue weighted by atomic mass is 9.72. The van der Waals surface area contributed by atoms with E-state index in [0.717, 1.165) is 30.0 Å². The highest BCUT2D eigenvalue weighted by molar-refractivity contribution is 6.95. The second-order valence-electron chi connectivity index (χ2n) is 17.5. The first-order valence-electron chi connectivity index (χ1n) is 17.7. The van der Waals surface area contributed by atoms with Gasteiger partial charge in [-0.1, -0.05) is 138 Å². The molecule has 0 amide bonds. The monoisotopic (exact) mass is 636 g/mol. The summed E-state index contributed by atoms with van der Waals surface area (Å²) in [5, 5.41) is 4.26. The predicted octanol–water partition coefficient (Wildman–Crippen LogP) is 9.65. The first kappa shape index (κ1) is 34.5. The lowest BCUT2D eigenvalue weighted by Gasteiger charge is -2.43. The summed E-state index contributed by atoms with van der Waals surface area (Å²) in [5.41, 5.74) is 9.48. The quantitative estimate of drug-likeness (QED) is 0.212. The Labute approximate surface area is 281 Å². The van der Waals surface area contributed by atoms with E-state index < -0.39 is 8.07 Å². The van der Waals surface area contributed by atoms with Crippen LogP contribution >= 0.6 is 0 Å². The number of rotatable bonds is 8. The van der Waals surface area contributed by atoms with Gasteiger partial charge in [-0.15, -0.1) is 0 Å². The Morgan fingerprint density at radius 1 is 0.935 bits per heavy atom. The van der Waals surface area contributed by atoms with E-state index in [1.165, 1.54) is 33.2 Å². The zero-order valence-corrected chi connectivity index (χ0v) is 32.3. The van der Waals surface area contributed by atoms with E-state index in [2.05, 4.69) is 132 Å². The van der Waals surface area contributed by atoms with E-state index in [-0.39, 0.29) is 21.7 Å². The van der Waals surface area contributed by atoms with Crippen molar-refractivity contribution >= 4 is 24.9 Å². The van der Waals surface area contributed by atoms with Gasteiger partial charge in [-0.05, 0) is 84.7 Å². The molecule has 1 atom stereocenters. The Kier molecular flexibility index (Phi) is 8.80. The molecule has 3 aliphatic carbocycles. The minimum atomic E-state index is -2.41. The molecule has 3 heteroatoms. The Morgan fingerprint density at radius 2 is 1.61 bits per heavy atom. The van der Waals surface area contributed by atoms with Gasteiger partial charge in [-0.25, -0.2) is 0 Å². The molecule has 0 fully saturated rings. The van der Waals surface area contributed by atoms with Gasteiger partial charge in [0.25, 0.3) is 0 Å². The smallest absolute Gasteiger partial charge is 0.123 e. The van der Waals surface area contributed by atoms with Crippen LogP contribution in [-0.4, -0.2) is 21.8 Å². The molecule has 0 spiro atoms. The molecule has 0 saturated heterocycles. The number of hydrogen-bond acceptors (Lipinski definition) is 2. The minimum absolute atomic E-state index is 0.0506. The average molecular weight is 637 g/mol. The van der Waals surface area contributed by atoms with Crippen molar-refractivity contribution in [2.24, 2.45) is 10.8 Å². The molecule has 0 N–H and O–H groups in total. The summed E-state index contributed by atoms with van der Waals surface area (Å²) in [6.45, 7) is 33.2. The van der Waals surface area contributed by atoms with Crippen LogP contribution in [0.25, 0.3) is 11.6 Å². The lowest BCUT2D eigenvalue weighted by Crippen LogP contribution is -2.54. The molecule has 46 heavy (non-hydrogen) atoms. The number of hydrogen-bond donors (Lipinski definition) is 0. The van der Waals surface area contributed by atoms with Crippen molar-refractivity contribution in [1.82, 2.24) is 0 Å². The topological polar surface area (TPSA) is 18.5 Å². The van der Waals surface area contributed by atoms with Crippen LogP contribution in [0.15, 0.2) is 65.8 Å². The number of allylic oxidation sites excluding steroid dienone is 4. The summed E-state index contributed by atoms with van der Waals surface area (Å²) < 4.78 is 12.9. The fraction of sp³-hybridized carbons (Fsp3) is 0.535. The van der Waals surface area contributed by atoms with E-state index in [4.69, 9.17) is 9.47 Å². The molecule has 2 aromatic carbocycles. The van der Waals surface area contributed by atoms with Crippen LogP contribution in [0.3, 0.4) is 0 Å². The molecule has 3 aliphatic rings. The van der Waals surface area contributed by atoms with Gasteiger partial charge in [0.05, 0.1) is 7.11 Å². The fourth-order valence-electron chi connectivity index (χ4n) is 8.74. The molecule has 2 nitrogen and oxygen atoms in total. The molecule has 0 aromatic heterocycles. The second kappa shape index (κ2) is 11.7. The van der Waals surface area contributed by atoms with Crippen LogP contribution in [0.4, 0.5) is 0 Å². The Bertz CT molecular complexity index is 1730. The first-order valence-corrected chi connectivity index (χ1v) is 20.2. The zero-order chi connectivity index (χ0) is 34.0. The summed E-state index contributed by atoms with van der Waals surface area (Å²) in [4.78, 5) is 0. The third kappa shape index (κ3) is 5.69. The number of ether oxygens (including phenoxy) is 2. The highest BCUT2D eigenvalue weighted by atomic mass is 28.3. The molecular weight excluding hydrogens is 577 g/mol. The van der Waals surface area contributed by atoms with Crippen LogP contribution < -0.4 is 25.1 Å². The van der Waals surface area contributed by atoms with E-state index in [1.54, 1.807) is 22.3 Å². The van der Waals surface area contributed by atoms with Crippen molar-refractivity contribution in [3.63, 3.8) is 0 Å². The molecule has 1 unspecified atom stereocenters. The summed E-state index contributed by atoms with van der Waals surface area (Å²) in [6, 6.07) is 14.2. The Hall–Kier alpha value is -2.78. The normalized spacial score (nSPS) is 20.3. The summed E-state index contributed by atoms with van der Waals surface area (Å²) in [6.07, 6.45) is 9.47. The third-order valence-corrected chi connectivity index (χ3v) is 16.9. The standard InChI is InChI=1S/C43H60O2Si/c1-15-22-45-38-34(41(7,8)9)24-30(44-14)25-35(38)46(16-2,17-3)39-33-27-42(10,11)21-20-31(33)37-36(39)32-23-29(40(4,5)6)19-18-28(32)26-43(37,12)13/h15,18-19,23-27,39H,1,16-17,20-22H2,2-14H3. The van der Waals surface area contributed by atoms with Gasteiger partial charge in [0.15, 0.2) is 0 Å². The SMILES string of the molecule is C=CCOc1c(C(C)(C)C)cc(OC)cc1[Si](CC)(CC)C1C2=CC(C)(C)CCC2=C2C1=c1cc(C(C)(C)C)ccc1=CC2(C)C. The van der Waals surface area contributed by atoms with Crippen LogP contribution in [0.1, 0.15) is 107 Å². The zero-order valence-electron chi connectivity index (χ0n) is 31.3. The van der Waals surface area contributed by atoms with Crippen molar-refractivity contribution in [2.45, 2.75) is 124 Å². The van der Waals surface area contributed by atoms with Crippen LogP contribution in [0, 0.1) is 10.8 Å². The molecule has 0 bridgehead atoms. The van der Waals surface area contributed by atoms with Crippen molar-refractivity contribution in [1.29, 1.82) is 0 Å². The highest BCUT2D eigenvalue weighted by Crippen LogP contribution is 2.62. The van der Waals surface area contributed by atoms with Gasteiger partial charge >= 0.3 is 0 Å². The summed E-state index contributed by atoms with van der Waals surface area (Å²) >= 11 is 0. The second-order valence-corrected chi connectivity index (χ2v) is 22.3. The maximum absolute atomic E-state index is 6.81. The number of methoxy groups -OCH3 is 1. The molecule has 2 aromatic rings. The number of fused-ring (bicyclic) bond motifs is 3. The van der Waals surface area contributed by atoms with Crippen LogP contribution in [0.2, 0.25) is 17.6 Å². The fourth-order valence-corrected chi connectivity index (χ4v) is 13.9. The largest absolute Gasteiger partial charge is 0.497 e. The van der Waals surface area contributed by atoms with Crippen molar-refractivity contribution in [3.05, 3.63) is 87.3 Å². The van der Waals surface area contributed by atoms with E-state index in [0.29, 0.717) is 12.1 Å². The Morgan fingerprint density at radius 3 is 2.17 bits per heavy atom. The van der Waals surface area contributed by atoms with Crippen molar-refractivity contribution in [3.8, 4) is 11.5 Å². The highest BCUT2D eigenvalue weighted by Gasteiger charge is 2.54. The van der Waals surface area contributed by atoms with Crippen LogP contribution in [-0.2, 0) is 10.8 Å². The van der Waals surface area contributed by atoms with Crippen molar-refractivity contribution < 1.29 is 9.47 Å². The molecule has 5 rings (SSSR count). The van der Waals surface area contributed by atoms with Gasteiger partial charge in [0, 0.05) is 16.5 Å². The molecule has 0 heterocycles. The van der Waals surface area contributed by atoms with Gasteiger partial charge < -0.3 is 9.47 Å². The van der Waals surface area contributed by atoms with E-state index in [9.17, 15) is 0 Å². The molecule has 0 saturated carbocycles. The Balaban J connectivity index is 2.00. The number of benzene rings is 2. The van der Waals surface area contributed by atoms with Gasteiger partial charge in [-0.3, -0.25) is 0 Å². The lowest BCUT2D eigenvalue weighted by molar-refractivity contribution is 0.351. The minimum Gasteiger partial charge on any atom is -0.497 e. The third-order valence-electron chi connectivity index (χ3n) is 11.3. The molecule has 0 aliphatic heterocycles. The van der Waals surface area contributed by atoms with Gasteiger partial charge in [0.1, 0.15) is 26.2 Å². The molecular formula is C43H60O2Si. The van der Waals surface area contributed by atoms with Crippen LogP contribution in [0.5, 0.6) is 11.5 Å².